The minimum absolute atomic E-state index is 0.0108. The highest BCUT2D eigenvalue weighted by Gasteiger charge is 2.43. The molecule has 0 bridgehead atoms. The number of aryl methyl sites for hydroxylation is 3. The molecule has 0 spiro atoms. The van der Waals surface area contributed by atoms with Gasteiger partial charge in [-0.05, 0) is 90.4 Å². The van der Waals surface area contributed by atoms with Crippen molar-refractivity contribution in [1.29, 1.82) is 0 Å². The van der Waals surface area contributed by atoms with Gasteiger partial charge in [-0.15, -0.1) is 5.01 Å². The summed E-state index contributed by atoms with van der Waals surface area (Å²) in [5.41, 5.74) is 2.34. The maximum atomic E-state index is 14.5. The second-order valence-corrected chi connectivity index (χ2v) is 12.1. The Morgan fingerprint density at radius 2 is 1.43 bits per heavy atom. The van der Waals surface area contributed by atoms with E-state index in [0.29, 0.717) is 27.4 Å². The zero-order valence-corrected chi connectivity index (χ0v) is 27.9. The van der Waals surface area contributed by atoms with Gasteiger partial charge in [-0.1, -0.05) is 53.6 Å². The summed E-state index contributed by atoms with van der Waals surface area (Å²) in [6, 6.07) is 21.7. The van der Waals surface area contributed by atoms with E-state index in [2.05, 4.69) is 4.98 Å². The number of ether oxygens (including phenoxy) is 3. The molecule has 10 nitrogen and oxygen atoms in total. The number of nitrogens with zero attached hydrogens (tertiary/aromatic N) is 3. The summed E-state index contributed by atoms with van der Waals surface area (Å²) >= 11 is 0. The fraction of sp³-hybridized carbons (Fsp3) is 0.270. The molecule has 0 saturated heterocycles. The van der Waals surface area contributed by atoms with Crippen LogP contribution in [0, 0.1) is 27.7 Å². The first-order valence-corrected chi connectivity index (χ1v) is 15.0. The molecule has 0 N–H and O–H groups in total. The van der Waals surface area contributed by atoms with Crippen molar-refractivity contribution in [1.82, 2.24) is 15.0 Å². The molecule has 3 amide bonds. The normalized spacial score (nSPS) is 11.7. The molecule has 0 fully saturated rings. The number of pyridine rings is 1. The van der Waals surface area contributed by atoms with Crippen LogP contribution in [0.5, 0.6) is 5.75 Å². The maximum absolute atomic E-state index is 14.5. The number of hydrazine groups is 1. The number of imide groups is 1. The minimum atomic E-state index is -1.60. The minimum Gasteiger partial charge on any atom is -0.496 e. The Morgan fingerprint density at radius 3 is 2.02 bits per heavy atom. The number of rotatable bonds is 7. The summed E-state index contributed by atoms with van der Waals surface area (Å²) in [7, 11) is 1.47. The predicted octanol–water partition coefficient (Wildman–Crippen LogP) is 7.31. The van der Waals surface area contributed by atoms with Crippen LogP contribution in [0.4, 0.5) is 4.79 Å². The van der Waals surface area contributed by atoms with E-state index >= 15 is 0 Å². The number of hydrogen-bond donors (Lipinski definition) is 0. The number of benzene rings is 3. The van der Waals surface area contributed by atoms with Crippen molar-refractivity contribution in [2.75, 3.05) is 7.11 Å². The standard InChI is InChI=1S/C37H39N3O7/c1-23-20-24(2)22-27(21-23)32(41)40(37(5,6)7)39(33(42)29-16-13-18-31(45-8)26(29)4)36(44)47-35(28-15-10-9-14-25(28)3)46-34(43)30-17-11-12-19-38-30/h9-22,35H,1-8H3. The zero-order chi connectivity index (χ0) is 34.5. The average Bonchev–Trinajstić information content (AvgIpc) is 3.02. The molecule has 1 unspecified atom stereocenters. The molecule has 4 aromatic rings. The van der Waals surface area contributed by atoms with Crippen molar-refractivity contribution in [2.24, 2.45) is 0 Å². The lowest BCUT2D eigenvalue weighted by atomic mass is 10.0. The molecular formula is C37H39N3O7. The summed E-state index contributed by atoms with van der Waals surface area (Å²) in [4.78, 5) is 60.5. The second kappa shape index (κ2) is 14.3. The van der Waals surface area contributed by atoms with Gasteiger partial charge in [-0.25, -0.2) is 19.6 Å². The molecule has 1 heterocycles. The molecule has 244 valence electrons. The van der Waals surface area contributed by atoms with Crippen LogP contribution in [0.3, 0.4) is 0 Å². The van der Waals surface area contributed by atoms with E-state index in [1.54, 1.807) is 95.3 Å². The number of carbonyl (C=O) groups is 4. The first-order chi connectivity index (χ1) is 22.2. The van der Waals surface area contributed by atoms with E-state index < -0.39 is 35.7 Å². The Bertz CT molecular complexity index is 1780. The van der Waals surface area contributed by atoms with Gasteiger partial charge in [0.2, 0.25) is 0 Å². The lowest BCUT2D eigenvalue weighted by Gasteiger charge is -2.42. The first-order valence-electron chi connectivity index (χ1n) is 15.0. The van der Waals surface area contributed by atoms with E-state index in [9.17, 15) is 19.2 Å². The molecular weight excluding hydrogens is 598 g/mol. The van der Waals surface area contributed by atoms with Gasteiger partial charge in [0.15, 0.2) is 0 Å². The number of hydrogen-bond acceptors (Lipinski definition) is 8. The molecule has 0 saturated carbocycles. The van der Waals surface area contributed by atoms with Crippen LogP contribution in [-0.2, 0) is 9.47 Å². The van der Waals surface area contributed by atoms with Crippen LogP contribution in [0.1, 0.15) is 86.1 Å². The highest BCUT2D eigenvalue weighted by Crippen LogP contribution is 2.30. The Hall–Kier alpha value is -5.51. The van der Waals surface area contributed by atoms with Gasteiger partial charge in [-0.2, -0.15) is 0 Å². The van der Waals surface area contributed by atoms with E-state index in [1.165, 1.54) is 25.4 Å². The van der Waals surface area contributed by atoms with E-state index in [4.69, 9.17) is 14.2 Å². The molecule has 1 atom stereocenters. The monoisotopic (exact) mass is 637 g/mol. The third-order valence-electron chi connectivity index (χ3n) is 7.33. The third kappa shape index (κ3) is 7.84. The van der Waals surface area contributed by atoms with Crippen LogP contribution in [0.15, 0.2) is 85.1 Å². The van der Waals surface area contributed by atoms with Crippen molar-refractivity contribution in [3.63, 3.8) is 0 Å². The van der Waals surface area contributed by atoms with Crippen LogP contribution in [0.25, 0.3) is 0 Å². The van der Waals surface area contributed by atoms with Crippen LogP contribution in [-0.4, -0.2) is 51.5 Å². The van der Waals surface area contributed by atoms with Gasteiger partial charge >= 0.3 is 12.1 Å². The van der Waals surface area contributed by atoms with Gasteiger partial charge in [0, 0.05) is 28.5 Å². The van der Waals surface area contributed by atoms with Crippen molar-refractivity contribution < 1.29 is 33.4 Å². The Labute approximate surface area is 274 Å². The Balaban J connectivity index is 1.87. The van der Waals surface area contributed by atoms with Gasteiger partial charge in [-0.3, -0.25) is 9.59 Å². The Kier molecular flexibility index (Phi) is 10.4. The number of methoxy groups -OCH3 is 1. The van der Waals surface area contributed by atoms with Crippen molar-refractivity contribution in [3.8, 4) is 5.75 Å². The fourth-order valence-corrected chi connectivity index (χ4v) is 5.14. The third-order valence-corrected chi connectivity index (χ3v) is 7.33. The molecule has 1 aromatic heterocycles. The largest absolute Gasteiger partial charge is 0.496 e. The smallest absolute Gasteiger partial charge is 0.439 e. The van der Waals surface area contributed by atoms with Gasteiger partial charge < -0.3 is 14.2 Å². The first kappa shape index (κ1) is 34.4. The summed E-state index contributed by atoms with van der Waals surface area (Å²) in [5.74, 6) is -1.91. The second-order valence-electron chi connectivity index (χ2n) is 12.1. The lowest BCUT2D eigenvalue weighted by Crippen LogP contribution is -2.60. The highest BCUT2D eigenvalue weighted by atomic mass is 16.7. The van der Waals surface area contributed by atoms with Gasteiger partial charge in [0.1, 0.15) is 11.4 Å². The molecule has 10 heteroatoms. The van der Waals surface area contributed by atoms with E-state index in [1.807, 2.05) is 19.9 Å². The quantitative estimate of drug-likeness (QED) is 0.118. The van der Waals surface area contributed by atoms with Crippen LogP contribution >= 0.6 is 0 Å². The van der Waals surface area contributed by atoms with E-state index in [-0.39, 0.29) is 16.8 Å². The highest BCUT2D eigenvalue weighted by molar-refractivity contribution is 6.07. The summed E-state index contributed by atoms with van der Waals surface area (Å²) < 4.78 is 17.0. The summed E-state index contributed by atoms with van der Waals surface area (Å²) in [5, 5.41) is 1.74. The van der Waals surface area contributed by atoms with E-state index in [0.717, 1.165) is 16.1 Å². The van der Waals surface area contributed by atoms with Crippen molar-refractivity contribution in [3.05, 3.63) is 130 Å². The number of carbonyl (C=O) groups excluding carboxylic acids is 4. The molecule has 0 aliphatic rings. The zero-order valence-electron chi connectivity index (χ0n) is 27.9. The summed E-state index contributed by atoms with van der Waals surface area (Å²) in [6.45, 7) is 12.2. The Morgan fingerprint density at radius 1 is 0.766 bits per heavy atom. The predicted molar refractivity (Wildman–Crippen MR) is 176 cm³/mol. The number of aromatic nitrogens is 1. The van der Waals surface area contributed by atoms with Gasteiger partial charge in [0.05, 0.1) is 12.6 Å². The summed E-state index contributed by atoms with van der Waals surface area (Å²) in [6.07, 6.45) is -1.41. The molecule has 4 rings (SSSR count). The van der Waals surface area contributed by atoms with Crippen LogP contribution < -0.4 is 4.74 Å². The fourth-order valence-electron chi connectivity index (χ4n) is 5.14. The maximum Gasteiger partial charge on any atom is 0.439 e. The number of amides is 3. The SMILES string of the molecule is COc1cccc(C(=O)N(C(=O)OC(OC(=O)c2ccccn2)c2ccccc2C)N(C(=O)c2cc(C)cc(C)c2)C(C)(C)C)c1C. The van der Waals surface area contributed by atoms with Crippen LogP contribution in [0.2, 0.25) is 0 Å². The topological polar surface area (TPSA) is 115 Å². The van der Waals surface area contributed by atoms with Crippen molar-refractivity contribution >= 4 is 23.9 Å². The lowest BCUT2D eigenvalue weighted by molar-refractivity contribution is -0.103. The molecule has 3 aromatic carbocycles. The molecule has 47 heavy (non-hydrogen) atoms. The average molecular weight is 638 g/mol. The molecule has 0 aliphatic heterocycles. The molecule has 0 radical (unpaired) electrons. The molecule has 0 aliphatic carbocycles. The van der Waals surface area contributed by atoms with Gasteiger partial charge in [0.25, 0.3) is 18.1 Å². The number of esters is 1. The van der Waals surface area contributed by atoms with Crippen molar-refractivity contribution in [2.45, 2.75) is 60.3 Å².